The van der Waals surface area contributed by atoms with Crippen LogP contribution in [0.4, 0.5) is 0 Å². The molecule has 0 bridgehead atoms. The van der Waals surface area contributed by atoms with Gasteiger partial charge in [0.2, 0.25) is 0 Å². The van der Waals surface area contributed by atoms with Crippen molar-refractivity contribution in [2.75, 3.05) is 39.3 Å². The van der Waals surface area contributed by atoms with Crippen molar-refractivity contribution in [3.05, 3.63) is 0 Å². The first-order valence-electron chi connectivity index (χ1n) is 9.91. The highest BCUT2D eigenvalue weighted by Crippen LogP contribution is 2.27. The van der Waals surface area contributed by atoms with Gasteiger partial charge < -0.3 is 20.0 Å². The summed E-state index contributed by atoms with van der Waals surface area (Å²) in [5.41, 5.74) is 0. The lowest BCUT2D eigenvalue weighted by atomic mass is 9.87. The Hall–Kier alpha value is -1.14. The highest BCUT2D eigenvalue weighted by atomic mass is 16.4. The molecule has 6 heteroatoms. The van der Waals surface area contributed by atoms with E-state index in [1.807, 2.05) is 0 Å². The van der Waals surface area contributed by atoms with E-state index in [0.29, 0.717) is 13.1 Å². The second kappa shape index (κ2) is 10.8. The third-order valence-electron chi connectivity index (χ3n) is 5.92. The summed E-state index contributed by atoms with van der Waals surface area (Å²) in [7, 11) is 0. The highest BCUT2D eigenvalue weighted by Gasteiger charge is 2.22. The Morgan fingerprint density at radius 1 is 0.720 bits per heavy atom. The van der Waals surface area contributed by atoms with Gasteiger partial charge in [-0.05, 0) is 63.7 Å². The van der Waals surface area contributed by atoms with E-state index >= 15 is 0 Å². The molecule has 6 nitrogen and oxygen atoms in total. The van der Waals surface area contributed by atoms with Crippen LogP contribution in [0.1, 0.15) is 57.8 Å². The lowest BCUT2D eigenvalue weighted by Gasteiger charge is -2.33. The fraction of sp³-hybridized carbons (Fsp3) is 0.895. The minimum absolute atomic E-state index is 0.260. The first kappa shape index (κ1) is 20.2. The Morgan fingerprint density at radius 2 is 1.08 bits per heavy atom. The van der Waals surface area contributed by atoms with Crippen molar-refractivity contribution in [2.24, 2.45) is 11.8 Å². The summed E-state index contributed by atoms with van der Waals surface area (Å²) in [4.78, 5) is 25.8. The predicted octanol–water partition coefficient (Wildman–Crippen LogP) is 2.53. The van der Waals surface area contributed by atoms with E-state index in [1.165, 1.54) is 44.9 Å². The summed E-state index contributed by atoms with van der Waals surface area (Å²) in [5, 5.41) is 17.5. The van der Waals surface area contributed by atoms with Gasteiger partial charge in [-0.2, -0.15) is 0 Å². The van der Waals surface area contributed by atoms with Gasteiger partial charge in [0.25, 0.3) is 0 Å². The Kier molecular flexibility index (Phi) is 8.68. The van der Waals surface area contributed by atoms with Crippen molar-refractivity contribution in [3.63, 3.8) is 0 Å². The zero-order chi connectivity index (χ0) is 18.1. The Balaban J connectivity index is 1.50. The molecule has 2 rings (SSSR count). The molecule has 144 valence electrons. The molecule has 2 saturated heterocycles. The number of rotatable bonds is 10. The van der Waals surface area contributed by atoms with Crippen molar-refractivity contribution in [2.45, 2.75) is 57.8 Å². The molecule has 2 fully saturated rings. The molecular weight excluding hydrogens is 320 g/mol. The molecule has 0 radical (unpaired) electrons. The molecule has 0 atom stereocenters. The second-order valence-electron chi connectivity index (χ2n) is 7.79. The van der Waals surface area contributed by atoms with Gasteiger partial charge in [-0.3, -0.25) is 9.59 Å². The van der Waals surface area contributed by atoms with Gasteiger partial charge in [0.15, 0.2) is 0 Å². The van der Waals surface area contributed by atoms with Gasteiger partial charge in [0.1, 0.15) is 0 Å². The molecule has 2 aliphatic rings. The number of aliphatic carboxylic acids is 2. The molecule has 2 heterocycles. The molecule has 0 aliphatic carbocycles. The van der Waals surface area contributed by atoms with Crippen molar-refractivity contribution >= 4 is 11.9 Å². The van der Waals surface area contributed by atoms with Crippen LogP contribution in [0, 0.1) is 11.8 Å². The fourth-order valence-electron chi connectivity index (χ4n) is 4.20. The van der Waals surface area contributed by atoms with Crippen LogP contribution in [0.3, 0.4) is 0 Å². The van der Waals surface area contributed by atoms with Crippen LogP contribution in [0.5, 0.6) is 0 Å². The van der Waals surface area contributed by atoms with Crippen LogP contribution in [-0.2, 0) is 9.59 Å². The number of piperidine rings is 2. The molecular formula is C19H34N2O4. The third-order valence-corrected chi connectivity index (χ3v) is 5.92. The maximum Gasteiger partial charge on any atom is 0.304 e. The predicted molar refractivity (Wildman–Crippen MR) is 96.7 cm³/mol. The normalized spacial score (nSPS) is 21.4. The molecule has 0 spiro atoms. The topological polar surface area (TPSA) is 81.1 Å². The van der Waals surface area contributed by atoms with Crippen molar-refractivity contribution in [1.82, 2.24) is 9.80 Å². The molecule has 25 heavy (non-hydrogen) atoms. The van der Waals surface area contributed by atoms with Gasteiger partial charge in [0.05, 0.1) is 12.8 Å². The standard InChI is InChI=1S/C19H34N2O4/c22-18(23)8-14-20-10-4-16(5-11-20)2-1-3-17-6-12-21(13-7-17)15-9-19(24)25/h16-17H,1-15H2,(H,22,23)(H,24,25). The summed E-state index contributed by atoms with van der Waals surface area (Å²) < 4.78 is 0. The monoisotopic (exact) mass is 354 g/mol. The average Bonchev–Trinajstić information content (AvgIpc) is 2.60. The molecule has 0 amide bonds. The van der Waals surface area contributed by atoms with Crippen molar-refractivity contribution in [3.8, 4) is 0 Å². The minimum atomic E-state index is -0.698. The first-order valence-corrected chi connectivity index (χ1v) is 9.91. The van der Waals surface area contributed by atoms with Crippen LogP contribution < -0.4 is 0 Å². The Bertz CT molecular complexity index is 376. The summed E-state index contributed by atoms with van der Waals surface area (Å²) >= 11 is 0. The molecule has 0 aromatic carbocycles. The second-order valence-corrected chi connectivity index (χ2v) is 7.79. The van der Waals surface area contributed by atoms with E-state index in [-0.39, 0.29) is 12.8 Å². The Morgan fingerprint density at radius 3 is 1.40 bits per heavy atom. The first-order chi connectivity index (χ1) is 12.0. The zero-order valence-corrected chi connectivity index (χ0v) is 15.4. The van der Waals surface area contributed by atoms with E-state index in [9.17, 15) is 9.59 Å². The maximum atomic E-state index is 10.6. The third kappa shape index (κ3) is 8.19. The lowest BCUT2D eigenvalue weighted by molar-refractivity contribution is -0.138. The number of likely N-dealkylation sites (tertiary alicyclic amines) is 2. The van der Waals surface area contributed by atoms with Crippen LogP contribution in [-0.4, -0.2) is 71.2 Å². The molecule has 2 N–H and O–H groups in total. The van der Waals surface area contributed by atoms with Gasteiger partial charge in [-0.1, -0.05) is 19.3 Å². The van der Waals surface area contributed by atoms with E-state index in [0.717, 1.165) is 38.0 Å². The van der Waals surface area contributed by atoms with Crippen molar-refractivity contribution < 1.29 is 19.8 Å². The van der Waals surface area contributed by atoms with Gasteiger partial charge in [0, 0.05) is 13.1 Å². The quantitative estimate of drug-likeness (QED) is 0.627. The summed E-state index contributed by atoms with van der Waals surface area (Å²) in [6.07, 6.45) is 9.31. The van der Waals surface area contributed by atoms with Gasteiger partial charge in [-0.25, -0.2) is 0 Å². The number of hydrogen-bond acceptors (Lipinski definition) is 4. The van der Waals surface area contributed by atoms with Crippen LogP contribution in [0.2, 0.25) is 0 Å². The summed E-state index contributed by atoms with van der Waals surface area (Å²) in [6.45, 7) is 5.62. The van der Waals surface area contributed by atoms with E-state index < -0.39 is 11.9 Å². The number of carbonyl (C=O) groups is 2. The molecule has 0 aromatic heterocycles. The smallest absolute Gasteiger partial charge is 0.304 e. The lowest BCUT2D eigenvalue weighted by Crippen LogP contribution is -2.35. The molecule has 0 saturated carbocycles. The molecule has 0 aromatic rings. The van der Waals surface area contributed by atoms with Gasteiger partial charge in [-0.15, -0.1) is 0 Å². The minimum Gasteiger partial charge on any atom is -0.481 e. The Labute approximate surface area is 151 Å². The zero-order valence-electron chi connectivity index (χ0n) is 15.4. The summed E-state index contributed by atoms with van der Waals surface area (Å²) in [6, 6.07) is 0. The SMILES string of the molecule is O=C(O)CCN1CCC(CCCC2CCN(CCC(=O)O)CC2)CC1. The highest BCUT2D eigenvalue weighted by molar-refractivity contribution is 5.67. The van der Waals surface area contributed by atoms with Crippen LogP contribution >= 0.6 is 0 Å². The van der Waals surface area contributed by atoms with Crippen LogP contribution in [0.25, 0.3) is 0 Å². The number of nitrogens with zero attached hydrogens (tertiary/aromatic N) is 2. The van der Waals surface area contributed by atoms with Gasteiger partial charge >= 0.3 is 11.9 Å². The molecule has 0 unspecified atom stereocenters. The van der Waals surface area contributed by atoms with Crippen molar-refractivity contribution in [1.29, 1.82) is 0 Å². The van der Waals surface area contributed by atoms with E-state index in [2.05, 4.69) is 9.80 Å². The number of carboxylic acid groups (broad SMARTS) is 2. The largest absolute Gasteiger partial charge is 0.481 e. The number of hydrogen-bond donors (Lipinski definition) is 2. The average molecular weight is 354 g/mol. The maximum absolute atomic E-state index is 10.6. The van der Waals surface area contributed by atoms with E-state index in [1.54, 1.807) is 0 Å². The summed E-state index contributed by atoms with van der Waals surface area (Å²) in [5.74, 6) is 0.237. The van der Waals surface area contributed by atoms with Crippen LogP contribution in [0.15, 0.2) is 0 Å². The fourth-order valence-corrected chi connectivity index (χ4v) is 4.20. The van der Waals surface area contributed by atoms with E-state index in [4.69, 9.17) is 10.2 Å². The molecule has 2 aliphatic heterocycles. The number of carboxylic acids is 2.